The van der Waals surface area contributed by atoms with Crippen LogP contribution in [0.2, 0.25) is 0 Å². The molecule has 7 nitrogen and oxygen atoms in total. The first-order valence-electron chi connectivity index (χ1n) is 8.12. The number of nitro groups is 1. The molecular formula is C20H13N3O4. The van der Waals surface area contributed by atoms with E-state index in [0.717, 1.165) is 0 Å². The zero-order chi connectivity index (χ0) is 18.8. The summed E-state index contributed by atoms with van der Waals surface area (Å²) in [4.78, 5) is 29.7. The van der Waals surface area contributed by atoms with Crippen LogP contribution >= 0.6 is 0 Å². The number of fused-ring (bicyclic) bond motifs is 1. The minimum absolute atomic E-state index is 0.00658. The summed E-state index contributed by atoms with van der Waals surface area (Å²) in [6.45, 7) is 0. The van der Waals surface area contributed by atoms with Crippen molar-refractivity contribution in [2.24, 2.45) is 0 Å². The fourth-order valence-corrected chi connectivity index (χ4v) is 2.69. The third kappa shape index (κ3) is 3.38. The number of aromatic nitrogens is 2. The molecule has 132 valence electrons. The molecule has 0 fully saturated rings. The van der Waals surface area contributed by atoms with Gasteiger partial charge in [-0.05, 0) is 36.4 Å². The number of hydrogen-bond donors (Lipinski definition) is 1. The van der Waals surface area contributed by atoms with Crippen molar-refractivity contribution in [1.82, 2.24) is 9.97 Å². The molecule has 4 rings (SSSR count). The summed E-state index contributed by atoms with van der Waals surface area (Å²) in [5.41, 5.74) is 1.93. The van der Waals surface area contributed by atoms with E-state index in [9.17, 15) is 14.9 Å². The molecule has 2 aromatic heterocycles. The van der Waals surface area contributed by atoms with E-state index in [4.69, 9.17) is 4.42 Å². The van der Waals surface area contributed by atoms with Crippen molar-refractivity contribution in [1.29, 1.82) is 0 Å². The summed E-state index contributed by atoms with van der Waals surface area (Å²) < 4.78 is 5.70. The van der Waals surface area contributed by atoms with Gasteiger partial charge in [0.2, 0.25) is 0 Å². The molecule has 0 unspecified atom stereocenters. The summed E-state index contributed by atoms with van der Waals surface area (Å²) in [7, 11) is 0. The van der Waals surface area contributed by atoms with Gasteiger partial charge in [0.25, 0.3) is 11.2 Å². The summed E-state index contributed by atoms with van der Waals surface area (Å²) in [6.07, 6.45) is 3.20. The zero-order valence-corrected chi connectivity index (χ0v) is 14.0. The summed E-state index contributed by atoms with van der Waals surface area (Å²) in [5, 5.41) is 10.9. The van der Waals surface area contributed by atoms with Gasteiger partial charge in [-0.3, -0.25) is 14.9 Å². The highest BCUT2D eigenvalue weighted by atomic mass is 16.6. The first-order chi connectivity index (χ1) is 13.1. The Morgan fingerprint density at radius 1 is 1.04 bits per heavy atom. The fraction of sp³-hybridized carbons (Fsp3) is 0. The van der Waals surface area contributed by atoms with Crippen molar-refractivity contribution in [3.8, 4) is 11.3 Å². The predicted octanol–water partition coefficient (Wildman–Crippen LogP) is 4.26. The average Bonchev–Trinajstić information content (AvgIpc) is 3.15. The maximum absolute atomic E-state index is 12.1. The normalized spacial score (nSPS) is 11.3. The number of nitrogens with zero attached hydrogens (tertiary/aromatic N) is 2. The Labute approximate surface area is 152 Å². The van der Waals surface area contributed by atoms with Crippen LogP contribution < -0.4 is 5.56 Å². The van der Waals surface area contributed by atoms with Gasteiger partial charge < -0.3 is 9.40 Å². The van der Waals surface area contributed by atoms with E-state index in [1.165, 1.54) is 12.1 Å². The second-order valence-electron chi connectivity index (χ2n) is 5.81. The molecule has 2 aromatic carbocycles. The van der Waals surface area contributed by atoms with Crippen molar-refractivity contribution in [3.63, 3.8) is 0 Å². The van der Waals surface area contributed by atoms with Crippen molar-refractivity contribution >= 4 is 28.9 Å². The summed E-state index contributed by atoms with van der Waals surface area (Å²) in [6, 6.07) is 16.9. The molecule has 0 amide bonds. The highest BCUT2D eigenvalue weighted by Crippen LogP contribution is 2.26. The van der Waals surface area contributed by atoms with E-state index in [0.29, 0.717) is 28.1 Å². The zero-order valence-electron chi connectivity index (χ0n) is 14.0. The lowest BCUT2D eigenvalue weighted by Gasteiger charge is -1.98. The van der Waals surface area contributed by atoms with Gasteiger partial charge in [0, 0.05) is 17.7 Å². The Balaban J connectivity index is 1.63. The molecule has 0 aliphatic heterocycles. The number of H-pyrrole nitrogens is 1. The first-order valence-corrected chi connectivity index (χ1v) is 8.12. The largest absolute Gasteiger partial charge is 0.457 e. The lowest BCUT2D eigenvalue weighted by molar-refractivity contribution is -0.384. The predicted molar refractivity (Wildman–Crippen MR) is 102 cm³/mol. The van der Waals surface area contributed by atoms with Crippen LogP contribution in [0.1, 0.15) is 11.5 Å². The van der Waals surface area contributed by atoms with Crippen LogP contribution in [0.3, 0.4) is 0 Å². The van der Waals surface area contributed by atoms with E-state index >= 15 is 0 Å². The molecule has 0 radical (unpaired) electrons. The molecule has 0 bridgehead atoms. The van der Waals surface area contributed by atoms with E-state index in [1.54, 1.807) is 42.5 Å². The highest BCUT2D eigenvalue weighted by molar-refractivity contribution is 5.76. The number of nitro benzene ring substituents is 1. The monoisotopic (exact) mass is 359 g/mol. The first kappa shape index (κ1) is 16.5. The second kappa shape index (κ2) is 6.72. The molecule has 1 N–H and O–H groups in total. The van der Waals surface area contributed by atoms with Crippen LogP contribution in [-0.4, -0.2) is 14.9 Å². The minimum Gasteiger partial charge on any atom is -0.457 e. The van der Waals surface area contributed by atoms with Gasteiger partial charge in [-0.1, -0.05) is 24.3 Å². The van der Waals surface area contributed by atoms with Crippen LogP contribution in [0.5, 0.6) is 0 Å². The van der Waals surface area contributed by atoms with Crippen LogP contribution in [-0.2, 0) is 0 Å². The number of aromatic amines is 1. The summed E-state index contributed by atoms with van der Waals surface area (Å²) >= 11 is 0. The Kier molecular flexibility index (Phi) is 4.10. The minimum atomic E-state index is -0.453. The maximum Gasteiger partial charge on any atom is 0.274 e. The second-order valence-corrected chi connectivity index (χ2v) is 5.81. The molecule has 7 heteroatoms. The van der Waals surface area contributed by atoms with Gasteiger partial charge in [-0.15, -0.1) is 0 Å². The Morgan fingerprint density at radius 2 is 1.89 bits per heavy atom. The van der Waals surface area contributed by atoms with Crippen LogP contribution in [0.4, 0.5) is 5.69 Å². The van der Waals surface area contributed by atoms with Crippen LogP contribution in [0.25, 0.3) is 34.5 Å². The third-order valence-electron chi connectivity index (χ3n) is 4.00. The van der Waals surface area contributed by atoms with Gasteiger partial charge in [-0.2, -0.15) is 0 Å². The number of furan rings is 1. The molecule has 2 heterocycles. The number of nitrogens with one attached hydrogen (secondary N) is 1. The van der Waals surface area contributed by atoms with Crippen LogP contribution in [0.15, 0.2) is 69.9 Å². The van der Waals surface area contributed by atoms with Gasteiger partial charge in [0.1, 0.15) is 17.2 Å². The quantitative estimate of drug-likeness (QED) is 0.433. The van der Waals surface area contributed by atoms with E-state index in [1.807, 2.05) is 18.2 Å². The topological polar surface area (TPSA) is 102 Å². The summed E-state index contributed by atoms with van der Waals surface area (Å²) in [5.74, 6) is 1.00. The molecule has 0 spiro atoms. The van der Waals surface area contributed by atoms with Gasteiger partial charge in [-0.25, -0.2) is 4.98 Å². The van der Waals surface area contributed by atoms with Gasteiger partial charge in [0.05, 0.1) is 16.0 Å². The Hall–Kier alpha value is -4.00. The molecule has 27 heavy (non-hydrogen) atoms. The smallest absolute Gasteiger partial charge is 0.274 e. The maximum atomic E-state index is 12.1. The molecule has 4 aromatic rings. The van der Waals surface area contributed by atoms with E-state index in [2.05, 4.69) is 9.97 Å². The van der Waals surface area contributed by atoms with Crippen molar-refractivity contribution < 1.29 is 9.34 Å². The molecular weight excluding hydrogens is 346 g/mol. The van der Waals surface area contributed by atoms with Crippen molar-refractivity contribution in [3.05, 3.63) is 92.6 Å². The van der Waals surface area contributed by atoms with Crippen LogP contribution in [0, 0.1) is 10.1 Å². The van der Waals surface area contributed by atoms with E-state index in [-0.39, 0.29) is 16.9 Å². The SMILES string of the molecule is O=c1[nH]c2ccccc2nc1/C=C/c1ccc(-c2cccc([N+](=O)[O-])c2)o1. The number of rotatable bonds is 4. The molecule has 0 saturated heterocycles. The van der Waals surface area contributed by atoms with Crippen molar-refractivity contribution in [2.75, 3.05) is 0 Å². The Morgan fingerprint density at radius 3 is 2.74 bits per heavy atom. The molecule has 0 aliphatic carbocycles. The highest BCUT2D eigenvalue weighted by Gasteiger charge is 2.10. The molecule has 0 saturated carbocycles. The fourth-order valence-electron chi connectivity index (χ4n) is 2.69. The van der Waals surface area contributed by atoms with E-state index < -0.39 is 4.92 Å². The van der Waals surface area contributed by atoms with Crippen molar-refractivity contribution in [2.45, 2.75) is 0 Å². The number of benzene rings is 2. The number of non-ortho nitro benzene ring substituents is 1. The number of para-hydroxylation sites is 2. The number of hydrogen-bond acceptors (Lipinski definition) is 5. The lowest BCUT2D eigenvalue weighted by atomic mass is 10.1. The standard InChI is InChI=1S/C20H13N3O4/c24-20-18(21-16-6-1-2-7-17(16)22-20)10-8-15-9-11-19(27-15)13-4-3-5-14(12-13)23(25)26/h1-12H,(H,22,24)/b10-8+. The lowest BCUT2D eigenvalue weighted by Crippen LogP contribution is -2.11. The van der Waals surface area contributed by atoms with Gasteiger partial charge >= 0.3 is 0 Å². The molecule has 0 aliphatic rings. The molecule has 0 atom stereocenters. The Bertz CT molecular complexity index is 1240. The van der Waals surface area contributed by atoms with Gasteiger partial charge in [0.15, 0.2) is 0 Å². The third-order valence-corrected chi connectivity index (χ3v) is 4.00. The average molecular weight is 359 g/mol.